The summed E-state index contributed by atoms with van der Waals surface area (Å²) in [4.78, 5) is 11.8. The zero-order valence-corrected chi connectivity index (χ0v) is 8.73. The van der Waals surface area contributed by atoms with Gasteiger partial charge in [-0.25, -0.2) is 15.0 Å². The molecular weight excluding hydrogens is 216 g/mol. The van der Waals surface area contributed by atoms with Gasteiger partial charge in [-0.15, -0.1) is 0 Å². The average Bonchev–Trinajstić information content (AvgIpc) is 2.70. The molecule has 2 N–H and O–H groups in total. The monoisotopic (exact) mass is 224 g/mol. The van der Waals surface area contributed by atoms with Gasteiger partial charge in [-0.05, 0) is 6.92 Å². The van der Waals surface area contributed by atoms with Gasteiger partial charge in [-0.2, -0.15) is 5.10 Å². The van der Waals surface area contributed by atoms with Gasteiger partial charge in [0.1, 0.15) is 29.5 Å². The molecule has 15 heavy (non-hydrogen) atoms. The van der Waals surface area contributed by atoms with Gasteiger partial charge >= 0.3 is 0 Å². The maximum absolute atomic E-state index is 5.73. The van der Waals surface area contributed by atoms with Crippen LogP contribution in [-0.2, 0) is 0 Å². The van der Waals surface area contributed by atoms with Crippen molar-refractivity contribution in [2.45, 2.75) is 13.0 Å². The fraction of sp³-hybridized carbons (Fsp3) is 0.250. The molecule has 0 bridgehead atoms. The Bertz CT molecular complexity index is 428. The highest BCUT2D eigenvalue weighted by atomic mass is 35.5. The zero-order chi connectivity index (χ0) is 10.7. The number of anilines is 1. The van der Waals surface area contributed by atoms with Crippen LogP contribution < -0.4 is 5.32 Å². The van der Waals surface area contributed by atoms with Crippen LogP contribution in [0.5, 0.6) is 0 Å². The molecule has 7 heteroatoms. The summed E-state index contributed by atoms with van der Waals surface area (Å²) in [5, 5.41) is 10.1. The second kappa shape index (κ2) is 4.22. The van der Waals surface area contributed by atoms with Crippen molar-refractivity contribution in [2.75, 3.05) is 5.32 Å². The van der Waals surface area contributed by atoms with E-state index in [1.165, 1.54) is 12.7 Å². The minimum atomic E-state index is -0.0153. The molecule has 0 amide bonds. The lowest BCUT2D eigenvalue weighted by molar-refractivity contribution is 0.789. The fourth-order valence-electron chi connectivity index (χ4n) is 1.13. The molecule has 0 aliphatic heterocycles. The molecule has 2 aromatic rings. The Labute approximate surface area is 91.1 Å². The zero-order valence-electron chi connectivity index (χ0n) is 7.98. The number of nitrogens with zero attached hydrogens (tertiary/aromatic N) is 4. The summed E-state index contributed by atoms with van der Waals surface area (Å²) in [5.41, 5.74) is 0. The molecule has 0 spiro atoms. The minimum Gasteiger partial charge on any atom is -0.360 e. The summed E-state index contributed by atoms with van der Waals surface area (Å²) in [6.45, 7) is 1.94. The first-order valence-electron chi connectivity index (χ1n) is 4.35. The first-order chi connectivity index (χ1) is 7.25. The van der Waals surface area contributed by atoms with Crippen LogP contribution in [0.25, 0.3) is 0 Å². The highest BCUT2D eigenvalue weighted by Crippen LogP contribution is 2.15. The molecule has 1 atom stereocenters. The summed E-state index contributed by atoms with van der Waals surface area (Å²) in [6.07, 6.45) is 2.86. The Morgan fingerprint density at radius 1 is 1.33 bits per heavy atom. The van der Waals surface area contributed by atoms with E-state index in [1.807, 2.05) is 6.92 Å². The van der Waals surface area contributed by atoms with E-state index in [9.17, 15) is 0 Å². The van der Waals surface area contributed by atoms with Gasteiger partial charge in [0.05, 0.1) is 6.04 Å². The Balaban J connectivity index is 2.09. The molecule has 1 unspecified atom stereocenters. The van der Waals surface area contributed by atoms with Crippen molar-refractivity contribution in [3.63, 3.8) is 0 Å². The number of aromatic amines is 1. The lowest BCUT2D eigenvalue weighted by Crippen LogP contribution is -2.09. The van der Waals surface area contributed by atoms with Crippen LogP contribution in [-0.4, -0.2) is 25.1 Å². The highest BCUT2D eigenvalue weighted by molar-refractivity contribution is 6.29. The molecule has 0 radical (unpaired) electrons. The summed E-state index contributed by atoms with van der Waals surface area (Å²) in [6, 6.07) is 1.63. The predicted octanol–water partition coefficient (Wildman–Crippen LogP) is 1.42. The molecule has 0 saturated carbocycles. The number of hydrogen-bond donors (Lipinski definition) is 2. The van der Waals surface area contributed by atoms with E-state index >= 15 is 0 Å². The van der Waals surface area contributed by atoms with E-state index < -0.39 is 0 Å². The average molecular weight is 225 g/mol. The number of rotatable bonds is 3. The molecule has 6 nitrogen and oxygen atoms in total. The number of aromatic nitrogens is 5. The third kappa shape index (κ3) is 2.41. The van der Waals surface area contributed by atoms with Gasteiger partial charge in [-0.3, -0.25) is 5.10 Å². The van der Waals surface area contributed by atoms with E-state index in [1.54, 1.807) is 6.07 Å². The van der Waals surface area contributed by atoms with Crippen molar-refractivity contribution in [3.05, 3.63) is 29.7 Å². The van der Waals surface area contributed by atoms with Crippen molar-refractivity contribution in [1.82, 2.24) is 25.1 Å². The molecule has 2 rings (SSSR count). The molecular formula is C8H9ClN6. The van der Waals surface area contributed by atoms with E-state index in [4.69, 9.17) is 11.6 Å². The first-order valence-corrected chi connectivity index (χ1v) is 4.73. The lowest BCUT2D eigenvalue weighted by atomic mass is 10.3. The number of nitrogens with one attached hydrogen (secondary N) is 2. The van der Waals surface area contributed by atoms with Crippen molar-refractivity contribution in [2.24, 2.45) is 0 Å². The highest BCUT2D eigenvalue weighted by Gasteiger charge is 2.08. The fourth-order valence-corrected chi connectivity index (χ4v) is 1.27. The third-order valence-electron chi connectivity index (χ3n) is 1.84. The molecule has 2 aromatic heterocycles. The van der Waals surface area contributed by atoms with Crippen molar-refractivity contribution < 1.29 is 0 Å². The first kappa shape index (κ1) is 9.85. The minimum absolute atomic E-state index is 0.0153. The third-order valence-corrected chi connectivity index (χ3v) is 2.05. The van der Waals surface area contributed by atoms with Gasteiger partial charge in [0.15, 0.2) is 0 Å². The van der Waals surface area contributed by atoms with Crippen LogP contribution in [0.3, 0.4) is 0 Å². The topological polar surface area (TPSA) is 79.4 Å². The number of H-pyrrole nitrogens is 1. The Morgan fingerprint density at radius 2 is 2.20 bits per heavy atom. The van der Waals surface area contributed by atoms with E-state index in [-0.39, 0.29) is 6.04 Å². The Kier molecular flexibility index (Phi) is 2.77. The van der Waals surface area contributed by atoms with E-state index in [0.29, 0.717) is 11.0 Å². The van der Waals surface area contributed by atoms with E-state index in [0.717, 1.165) is 5.82 Å². The molecule has 0 aliphatic carbocycles. The molecule has 0 saturated heterocycles. The number of halogens is 1. The summed E-state index contributed by atoms with van der Waals surface area (Å²) in [5.74, 6) is 1.39. The smallest absolute Gasteiger partial charge is 0.146 e. The Morgan fingerprint density at radius 3 is 2.87 bits per heavy atom. The molecule has 2 heterocycles. The summed E-state index contributed by atoms with van der Waals surface area (Å²) in [7, 11) is 0. The second-order valence-corrected chi connectivity index (χ2v) is 3.35. The molecule has 0 aromatic carbocycles. The Hall–Kier alpha value is -1.69. The van der Waals surface area contributed by atoms with Crippen molar-refractivity contribution >= 4 is 17.4 Å². The van der Waals surface area contributed by atoms with Crippen LogP contribution in [0.15, 0.2) is 18.7 Å². The van der Waals surface area contributed by atoms with Crippen LogP contribution >= 0.6 is 11.6 Å². The van der Waals surface area contributed by atoms with Gasteiger partial charge < -0.3 is 5.32 Å². The quantitative estimate of drug-likeness (QED) is 0.771. The van der Waals surface area contributed by atoms with Gasteiger partial charge in [0, 0.05) is 6.07 Å². The maximum Gasteiger partial charge on any atom is 0.146 e. The summed E-state index contributed by atoms with van der Waals surface area (Å²) < 4.78 is 0. The van der Waals surface area contributed by atoms with Gasteiger partial charge in [0.25, 0.3) is 0 Å². The van der Waals surface area contributed by atoms with Crippen LogP contribution in [0.2, 0.25) is 5.15 Å². The molecule has 0 fully saturated rings. The molecule has 78 valence electrons. The van der Waals surface area contributed by atoms with Gasteiger partial charge in [-0.1, -0.05) is 11.6 Å². The standard InChI is InChI=1S/C8H9ClN6/c1-5(8-12-4-13-15-8)14-7-2-6(9)10-3-11-7/h2-5H,1H3,(H,10,11,14)(H,12,13,15). The summed E-state index contributed by atoms with van der Waals surface area (Å²) >= 11 is 5.73. The van der Waals surface area contributed by atoms with Crippen LogP contribution in [0, 0.1) is 0 Å². The van der Waals surface area contributed by atoms with Crippen molar-refractivity contribution in [1.29, 1.82) is 0 Å². The SMILES string of the molecule is CC(Nc1cc(Cl)ncn1)c1ncn[nH]1. The van der Waals surface area contributed by atoms with Crippen molar-refractivity contribution in [3.8, 4) is 0 Å². The van der Waals surface area contributed by atoms with E-state index in [2.05, 4.69) is 30.5 Å². The second-order valence-electron chi connectivity index (χ2n) is 2.96. The predicted molar refractivity (Wildman–Crippen MR) is 55.5 cm³/mol. The van der Waals surface area contributed by atoms with Crippen LogP contribution in [0.4, 0.5) is 5.82 Å². The molecule has 0 aliphatic rings. The normalized spacial score (nSPS) is 12.4. The lowest BCUT2D eigenvalue weighted by Gasteiger charge is -2.10. The largest absolute Gasteiger partial charge is 0.360 e. The number of hydrogen-bond acceptors (Lipinski definition) is 5. The maximum atomic E-state index is 5.73. The van der Waals surface area contributed by atoms with Crippen LogP contribution in [0.1, 0.15) is 18.8 Å². The van der Waals surface area contributed by atoms with Gasteiger partial charge in [0.2, 0.25) is 0 Å².